The Morgan fingerprint density at radius 3 is 2.70 bits per heavy atom. The number of nitrogens with zero attached hydrogens (tertiary/aromatic N) is 1. The van der Waals surface area contributed by atoms with Crippen LogP contribution in [0.2, 0.25) is 0 Å². The number of benzene rings is 1. The minimum absolute atomic E-state index is 0.123. The number of fused-ring (bicyclic) bond motifs is 1. The Balaban J connectivity index is 1.42. The molecule has 1 aliphatic carbocycles. The van der Waals surface area contributed by atoms with E-state index in [1.165, 1.54) is 50.7 Å². The number of hydrogen-bond donors (Lipinski definition) is 1. The van der Waals surface area contributed by atoms with Gasteiger partial charge in [-0.1, -0.05) is 25.0 Å². The number of piperidine rings is 1. The van der Waals surface area contributed by atoms with Crippen LogP contribution in [0, 0.1) is 11.7 Å². The average Bonchev–Trinajstić information content (AvgIpc) is 2.57. The lowest BCUT2D eigenvalue weighted by atomic mass is 9.78. The quantitative estimate of drug-likeness (QED) is 0.904. The summed E-state index contributed by atoms with van der Waals surface area (Å²) in [5.74, 6) is 0.716. The molecule has 2 unspecified atom stereocenters. The molecule has 0 aromatic heterocycles. The first kappa shape index (κ1) is 16.4. The van der Waals surface area contributed by atoms with E-state index in [1.54, 1.807) is 12.1 Å². The van der Waals surface area contributed by atoms with Gasteiger partial charge in [-0.3, -0.25) is 9.69 Å². The van der Waals surface area contributed by atoms with E-state index in [4.69, 9.17) is 0 Å². The molecule has 1 aromatic carbocycles. The van der Waals surface area contributed by atoms with Crippen LogP contribution in [0.3, 0.4) is 0 Å². The van der Waals surface area contributed by atoms with Gasteiger partial charge >= 0.3 is 0 Å². The molecule has 1 aromatic rings. The van der Waals surface area contributed by atoms with Gasteiger partial charge in [-0.25, -0.2) is 4.39 Å². The molecule has 1 saturated heterocycles. The van der Waals surface area contributed by atoms with Crippen LogP contribution < -0.4 is 5.32 Å². The van der Waals surface area contributed by atoms with E-state index in [2.05, 4.69) is 10.2 Å². The van der Waals surface area contributed by atoms with E-state index < -0.39 is 0 Å². The van der Waals surface area contributed by atoms with Crippen LogP contribution in [0.25, 0.3) is 0 Å². The molecule has 0 spiro atoms. The maximum atomic E-state index is 12.9. The molecule has 1 heterocycles. The molecular weight excluding hydrogens is 291 g/mol. The second kappa shape index (κ2) is 7.91. The number of nitrogens with one attached hydrogen (secondary N) is 1. The number of hydrogen-bond acceptors (Lipinski definition) is 2. The normalized spacial score (nSPS) is 24.9. The maximum Gasteiger partial charge on any atom is 0.234 e. The molecule has 0 bridgehead atoms. The third kappa shape index (κ3) is 4.54. The van der Waals surface area contributed by atoms with Crippen LogP contribution in [0.5, 0.6) is 0 Å². The van der Waals surface area contributed by atoms with Gasteiger partial charge in [0.25, 0.3) is 0 Å². The molecule has 2 fully saturated rings. The summed E-state index contributed by atoms with van der Waals surface area (Å²) in [4.78, 5) is 14.6. The fraction of sp³-hybridized carbons (Fsp3) is 0.632. The molecule has 1 N–H and O–H groups in total. The first-order valence-corrected chi connectivity index (χ1v) is 8.97. The molecule has 3 rings (SSSR count). The van der Waals surface area contributed by atoms with Crippen LogP contribution in [-0.4, -0.2) is 36.5 Å². The van der Waals surface area contributed by atoms with Gasteiger partial charge in [-0.05, 0) is 62.3 Å². The van der Waals surface area contributed by atoms with E-state index >= 15 is 0 Å². The molecule has 1 aliphatic heterocycles. The van der Waals surface area contributed by atoms with Crippen LogP contribution >= 0.6 is 0 Å². The Kier molecular flexibility index (Phi) is 5.65. The highest BCUT2D eigenvalue weighted by Crippen LogP contribution is 2.34. The number of amides is 1. The van der Waals surface area contributed by atoms with E-state index in [-0.39, 0.29) is 11.7 Å². The predicted molar refractivity (Wildman–Crippen MR) is 89.7 cm³/mol. The van der Waals surface area contributed by atoms with Gasteiger partial charge in [0.2, 0.25) is 5.91 Å². The topological polar surface area (TPSA) is 32.3 Å². The molecule has 23 heavy (non-hydrogen) atoms. The zero-order valence-corrected chi connectivity index (χ0v) is 13.8. The second-order valence-electron chi connectivity index (χ2n) is 6.95. The maximum absolute atomic E-state index is 12.9. The molecular formula is C19H27FN2O. The Morgan fingerprint density at radius 2 is 1.87 bits per heavy atom. The van der Waals surface area contributed by atoms with Gasteiger partial charge in [0.1, 0.15) is 5.82 Å². The van der Waals surface area contributed by atoms with E-state index in [0.29, 0.717) is 19.1 Å². The second-order valence-corrected chi connectivity index (χ2v) is 6.95. The predicted octanol–water partition coefficient (Wildman–Crippen LogP) is 3.14. The number of likely N-dealkylation sites (tertiary alicyclic amines) is 1. The highest BCUT2D eigenvalue weighted by Gasteiger charge is 2.33. The molecule has 2 aliphatic rings. The molecule has 0 radical (unpaired) electrons. The van der Waals surface area contributed by atoms with Crippen molar-refractivity contribution in [2.45, 2.75) is 51.0 Å². The van der Waals surface area contributed by atoms with Crippen LogP contribution in [0.4, 0.5) is 4.39 Å². The third-order valence-electron chi connectivity index (χ3n) is 5.35. The summed E-state index contributed by atoms with van der Waals surface area (Å²) in [6.07, 6.45) is 8.58. The first-order chi connectivity index (χ1) is 11.2. The van der Waals surface area contributed by atoms with Gasteiger partial charge in [-0.15, -0.1) is 0 Å². The van der Waals surface area contributed by atoms with Crippen LogP contribution in [0.15, 0.2) is 24.3 Å². The van der Waals surface area contributed by atoms with Crippen molar-refractivity contribution in [3.05, 3.63) is 35.6 Å². The van der Waals surface area contributed by atoms with Crippen molar-refractivity contribution in [1.82, 2.24) is 10.2 Å². The van der Waals surface area contributed by atoms with Crippen molar-refractivity contribution in [3.63, 3.8) is 0 Å². The fourth-order valence-corrected chi connectivity index (χ4v) is 4.16. The zero-order chi connectivity index (χ0) is 16.1. The summed E-state index contributed by atoms with van der Waals surface area (Å²) in [5, 5.41) is 3.01. The zero-order valence-electron chi connectivity index (χ0n) is 13.8. The summed E-state index contributed by atoms with van der Waals surface area (Å²) in [5.41, 5.74) is 1.05. The Morgan fingerprint density at radius 1 is 1.13 bits per heavy atom. The smallest absolute Gasteiger partial charge is 0.234 e. The van der Waals surface area contributed by atoms with Crippen molar-refractivity contribution in [3.8, 4) is 0 Å². The largest absolute Gasteiger partial charge is 0.355 e. The SMILES string of the molecule is O=C(CN1CCCC2CCCCC21)NCCc1ccc(F)cc1. The lowest BCUT2D eigenvalue weighted by molar-refractivity contribution is -0.123. The first-order valence-electron chi connectivity index (χ1n) is 8.97. The highest BCUT2D eigenvalue weighted by molar-refractivity contribution is 5.78. The van der Waals surface area contributed by atoms with Crippen LogP contribution in [0.1, 0.15) is 44.1 Å². The summed E-state index contributed by atoms with van der Waals surface area (Å²) in [6.45, 7) is 2.21. The minimum Gasteiger partial charge on any atom is -0.355 e. The number of carbonyl (C=O) groups is 1. The monoisotopic (exact) mass is 318 g/mol. The number of halogens is 1. The summed E-state index contributed by atoms with van der Waals surface area (Å²) in [6, 6.07) is 7.11. The van der Waals surface area contributed by atoms with Crippen molar-refractivity contribution in [2.75, 3.05) is 19.6 Å². The molecule has 1 amide bonds. The van der Waals surface area contributed by atoms with Gasteiger partial charge in [0.05, 0.1) is 6.54 Å². The van der Waals surface area contributed by atoms with Gasteiger partial charge in [0.15, 0.2) is 0 Å². The van der Waals surface area contributed by atoms with Crippen molar-refractivity contribution >= 4 is 5.91 Å². The highest BCUT2D eigenvalue weighted by atomic mass is 19.1. The Labute approximate surface area is 138 Å². The standard InChI is InChI=1S/C19H27FN2O/c20-17-9-7-15(8-10-17)11-12-21-19(23)14-22-13-3-5-16-4-1-2-6-18(16)22/h7-10,16,18H,1-6,11-14H2,(H,21,23). The Bertz CT molecular complexity index is 515. The fourth-order valence-electron chi connectivity index (χ4n) is 4.16. The lowest BCUT2D eigenvalue weighted by Gasteiger charge is -2.43. The Hall–Kier alpha value is -1.42. The molecule has 3 nitrogen and oxygen atoms in total. The van der Waals surface area contributed by atoms with Crippen LogP contribution in [-0.2, 0) is 11.2 Å². The molecule has 126 valence electrons. The summed E-state index contributed by atoms with van der Waals surface area (Å²) in [7, 11) is 0. The summed E-state index contributed by atoms with van der Waals surface area (Å²) >= 11 is 0. The minimum atomic E-state index is -0.218. The number of carbonyl (C=O) groups excluding carboxylic acids is 1. The van der Waals surface area contributed by atoms with E-state index in [9.17, 15) is 9.18 Å². The summed E-state index contributed by atoms with van der Waals surface area (Å²) < 4.78 is 12.9. The van der Waals surface area contributed by atoms with E-state index in [0.717, 1.165) is 24.4 Å². The lowest BCUT2D eigenvalue weighted by Crippen LogP contribution is -2.50. The molecule has 1 saturated carbocycles. The molecule has 4 heteroatoms. The van der Waals surface area contributed by atoms with Gasteiger partial charge in [-0.2, -0.15) is 0 Å². The van der Waals surface area contributed by atoms with Crippen molar-refractivity contribution in [2.24, 2.45) is 5.92 Å². The average molecular weight is 318 g/mol. The van der Waals surface area contributed by atoms with Gasteiger partial charge < -0.3 is 5.32 Å². The number of rotatable bonds is 5. The van der Waals surface area contributed by atoms with Crippen molar-refractivity contribution in [1.29, 1.82) is 0 Å². The van der Waals surface area contributed by atoms with E-state index in [1.807, 2.05) is 0 Å². The van der Waals surface area contributed by atoms with Crippen molar-refractivity contribution < 1.29 is 9.18 Å². The van der Waals surface area contributed by atoms with Gasteiger partial charge in [0, 0.05) is 12.6 Å². The molecule has 2 atom stereocenters. The third-order valence-corrected chi connectivity index (χ3v) is 5.35.